The van der Waals surface area contributed by atoms with Crippen LogP contribution in [0, 0.1) is 5.82 Å². The molecular weight excluding hydrogens is 425 g/mol. The lowest BCUT2D eigenvalue weighted by Gasteiger charge is -2.32. The van der Waals surface area contributed by atoms with Crippen LogP contribution in [0.3, 0.4) is 0 Å². The SMILES string of the molecule is CCOC(=O)N1CCC(NC(=O)N(C)CCCCCc2cc(-c3cccc(F)c3)n[nH]2)CC1. The molecule has 1 saturated heterocycles. The van der Waals surface area contributed by atoms with Crippen molar-refractivity contribution in [1.29, 1.82) is 0 Å². The van der Waals surface area contributed by atoms with Gasteiger partial charge >= 0.3 is 12.1 Å². The number of ether oxygens (including phenoxy) is 1. The predicted molar refractivity (Wildman–Crippen MR) is 124 cm³/mol. The summed E-state index contributed by atoms with van der Waals surface area (Å²) in [6, 6.07) is 8.39. The standard InChI is InChI=1S/C24H34FN5O3/c1-3-33-24(32)30-14-11-20(12-15-30)26-23(31)29(2)13-6-4-5-10-21-17-22(28-27-21)18-8-7-9-19(25)16-18/h7-9,16-17,20H,3-6,10-15H2,1-2H3,(H,26,31)(H,27,28). The predicted octanol–water partition coefficient (Wildman–Crippen LogP) is 4.19. The summed E-state index contributed by atoms with van der Waals surface area (Å²) in [5.74, 6) is -0.271. The van der Waals surface area contributed by atoms with Gasteiger partial charge in [-0.3, -0.25) is 5.10 Å². The fourth-order valence-corrected chi connectivity index (χ4v) is 3.93. The first-order valence-electron chi connectivity index (χ1n) is 11.7. The van der Waals surface area contributed by atoms with Crippen molar-refractivity contribution < 1.29 is 18.7 Å². The molecule has 0 unspecified atom stereocenters. The van der Waals surface area contributed by atoms with Crippen LogP contribution in [0.25, 0.3) is 11.3 Å². The summed E-state index contributed by atoms with van der Waals surface area (Å²) >= 11 is 0. The van der Waals surface area contributed by atoms with Crippen molar-refractivity contribution >= 4 is 12.1 Å². The highest BCUT2D eigenvalue weighted by atomic mass is 19.1. The third-order valence-electron chi connectivity index (χ3n) is 5.89. The van der Waals surface area contributed by atoms with E-state index in [0.717, 1.165) is 55.5 Å². The van der Waals surface area contributed by atoms with Crippen LogP contribution in [-0.4, -0.2) is 71.5 Å². The maximum absolute atomic E-state index is 13.4. The molecule has 0 spiro atoms. The highest BCUT2D eigenvalue weighted by Crippen LogP contribution is 2.19. The molecule has 1 aromatic heterocycles. The number of aromatic nitrogens is 2. The van der Waals surface area contributed by atoms with Crippen molar-refractivity contribution in [2.45, 2.75) is 51.5 Å². The Morgan fingerprint density at radius 2 is 2.03 bits per heavy atom. The number of piperidine rings is 1. The lowest BCUT2D eigenvalue weighted by molar-refractivity contribution is 0.0952. The first kappa shape index (κ1) is 24.5. The Kier molecular flexibility index (Phi) is 9.09. The zero-order valence-electron chi connectivity index (χ0n) is 19.5. The molecule has 0 saturated carbocycles. The Labute approximate surface area is 194 Å². The number of amides is 3. The number of nitrogens with one attached hydrogen (secondary N) is 2. The number of halogens is 1. The Morgan fingerprint density at radius 1 is 1.24 bits per heavy atom. The van der Waals surface area contributed by atoms with Gasteiger partial charge in [0.15, 0.2) is 0 Å². The van der Waals surface area contributed by atoms with Crippen molar-refractivity contribution in [3.05, 3.63) is 41.8 Å². The number of aromatic amines is 1. The van der Waals surface area contributed by atoms with Crippen LogP contribution >= 0.6 is 0 Å². The first-order chi connectivity index (χ1) is 16.0. The second-order valence-electron chi connectivity index (χ2n) is 8.43. The second-order valence-corrected chi connectivity index (χ2v) is 8.43. The van der Waals surface area contributed by atoms with E-state index in [1.54, 1.807) is 22.8 Å². The van der Waals surface area contributed by atoms with Gasteiger partial charge in [0.2, 0.25) is 0 Å². The van der Waals surface area contributed by atoms with Crippen LogP contribution < -0.4 is 5.32 Å². The van der Waals surface area contributed by atoms with Crippen LogP contribution in [0.4, 0.5) is 14.0 Å². The average Bonchev–Trinajstić information content (AvgIpc) is 3.28. The maximum atomic E-state index is 13.4. The number of unbranched alkanes of at least 4 members (excludes halogenated alkanes) is 2. The third-order valence-corrected chi connectivity index (χ3v) is 5.89. The van der Waals surface area contributed by atoms with Gasteiger partial charge in [-0.15, -0.1) is 0 Å². The molecule has 0 radical (unpaired) electrons. The molecule has 0 atom stereocenters. The van der Waals surface area contributed by atoms with E-state index in [0.29, 0.717) is 26.2 Å². The summed E-state index contributed by atoms with van der Waals surface area (Å²) in [4.78, 5) is 27.6. The smallest absolute Gasteiger partial charge is 0.409 e. The molecule has 1 aliphatic rings. The van der Waals surface area contributed by atoms with Crippen LogP contribution in [0.2, 0.25) is 0 Å². The van der Waals surface area contributed by atoms with Gasteiger partial charge in [0, 0.05) is 44.0 Å². The number of H-pyrrole nitrogens is 1. The molecule has 1 aliphatic heterocycles. The molecular formula is C24H34FN5O3. The van der Waals surface area contributed by atoms with E-state index in [1.165, 1.54) is 12.1 Å². The number of hydrogen-bond acceptors (Lipinski definition) is 4. The van der Waals surface area contributed by atoms with Crippen molar-refractivity contribution in [1.82, 2.24) is 25.3 Å². The van der Waals surface area contributed by atoms with E-state index in [4.69, 9.17) is 4.74 Å². The molecule has 2 N–H and O–H groups in total. The van der Waals surface area contributed by atoms with Gasteiger partial charge in [-0.05, 0) is 57.2 Å². The highest BCUT2D eigenvalue weighted by molar-refractivity contribution is 5.74. The molecule has 180 valence electrons. The Hall–Kier alpha value is -3.10. The molecule has 33 heavy (non-hydrogen) atoms. The molecule has 2 heterocycles. The summed E-state index contributed by atoms with van der Waals surface area (Å²) in [6.07, 6.45) is 4.93. The van der Waals surface area contributed by atoms with E-state index >= 15 is 0 Å². The van der Waals surface area contributed by atoms with Gasteiger partial charge in [-0.25, -0.2) is 14.0 Å². The van der Waals surface area contributed by atoms with Crippen molar-refractivity contribution in [2.24, 2.45) is 0 Å². The van der Waals surface area contributed by atoms with E-state index in [1.807, 2.05) is 19.2 Å². The van der Waals surface area contributed by atoms with Crippen molar-refractivity contribution in [2.75, 3.05) is 33.3 Å². The minimum atomic E-state index is -0.278. The van der Waals surface area contributed by atoms with Gasteiger partial charge in [0.05, 0.1) is 12.3 Å². The fourth-order valence-electron chi connectivity index (χ4n) is 3.93. The minimum Gasteiger partial charge on any atom is -0.450 e. The van der Waals surface area contributed by atoms with E-state index in [2.05, 4.69) is 15.5 Å². The fraction of sp³-hybridized carbons (Fsp3) is 0.542. The number of rotatable bonds is 9. The molecule has 1 aromatic carbocycles. The number of aryl methyl sites for hydroxylation is 1. The average molecular weight is 460 g/mol. The number of urea groups is 1. The topological polar surface area (TPSA) is 90.6 Å². The minimum absolute atomic E-state index is 0.0714. The Morgan fingerprint density at radius 3 is 2.76 bits per heavy atom. The Balaban J connectivity index is 1.29. The molecule has 0 bridgehead atoms. The molecule has 9 heteroatoms. The van der Waals surface area contributed by atoms with E-state index < -0.39 is 0 Å². The van der Waals surface area contributed by atoms with Gasteiger partial charge in [0.25, 0.3) is 0 Å². The van der Waals surface area contributed by atoms with Crippen molar-refractivity contribution in [3.63, 3.8) is 0 Å². The van der Waals surface area contributed by atoms with E-state index in [9.17, 15) is 14.0 Å². The summed E-state index contributed by atoms with van der Waals surface area (Å²) in [5.41, 5.74) is 2.53. The summed E-state index contributed by atoms with van der Waals surface area (Å²) < 4.78 is 18.4. The number of carbonyl (C=O) groups excluding carboxylic acids is 2. The van der Waals surface area contributed by atoms with Crippen LogP contribution in [0.5, 0.6) is 0 Å². The third kappa shape index (κ3) is 7.47. The number of benzene rings is 1. The van der Waals surface area contributed by atoms with Crippen LogP contribution in [0.15, 0.2) is 30.3 Å². The zero-order valence-corrected chi connectivity index (χ0v) is 19.5. The lowest BCUT2D eigenvalue weighted by Crippen LogP contribution is -2.49. The monoisotopic (exact) mass is 459 g/mol. The summed E-state index contributed by atoms with van der Waals surface area (Å²) in [5, 5.41) is 10.4. The molecule has 3 amide bonds. The van der Waals surface area contributed by atoms with Gasteiger partial charge < -0.3 is 19.9 Å². The Bertz CT molecular complexity index is 911. The van der Waals surface area contributed by atoms with Crippen molar-refractivity contribution in [3.8, 4) is 11.3 Å². The maximum Gasteiger partial charge on any atom is 0.409 e. The summed E-state index contributed by atoms with van der Waals surface area (Å²) in [6.45, 7) is 4.05. The van der Waals surface area contributed by atoms with Gasteiger partial charge in [-0.2, -0.15) is 5.10 Å². The van der Waals surface area contributed by atoms with Gasteiger partial charge in [0.1, 0.15) is 5.82 Å². The molecule has 3 rings (SSSR count). The highest BCUT2D eigenvalue weighted by Gasteiger charge is 2.25. The second kappa shape index (κ2) is 12.2. The quantitative estimate of drug-likeness (QED) is 0.550. The number of hydrogen-bond donors (Lipinski definition) is 2. The number of nitrogens with zero attached hydrogens (tertiary/aromatic N) is 3. The largest absolute Gasteiger partial charge is 0.450 e. The molecule has 1 fully saturated rings. The normalized spacial score (nSPS) is 14.2. The molecule has 8 nitrogen and oxygen atoms in total. The number of likely N-dealkylation sites (tertiary alicyclic amines) is 1. The molecule has 2 aromatic rings. The first-order valence-corrected chi connectivity index (χ1v) is 11.7. The summed E-state index contributed by atoms with van der Waals surface area (Å²) in [7, 11) is 1.81. The number of carbonyl (C=O) groups is 2. The molecule has 0 aliphatic carbocycles. The van der Waals surface area contributed by atoms with Gasteiger partial charge in [-0.1, -0.05) is 18.6 Å². The zero-order chi connectivity index (χ0) is 23.6. The van der Waals surface area contributed by atoms with E-state index in [-0.39, 0.29) is 24.0 Å². The van der Waals surface area contributed by atoms with Crippen LogP contribution in [0.1, 0.15) is 44.7 Å². The van der Waals surface area contributed by atoms with Crippen LogP contribution in [-0.2, 0) is 11.2 Å². The lowest BCUT2D eigenvalue weighted by atomic mass is 10.1.